The zero-order valence-electron chi connectivity index (χ0n) is 27.5. The molecule has 5 aromatic carbocycles. The van der Waals surface area contributed by atoms with Crippen LogP contribution in [0.15, 0.2) is 139 Å². The molecule has 0 saturated carbocycles. The van der Waals surface area contributed by atoms with Crippen LogP contribution in [0.1, 0.15) is 36.7 Å². The van der Waals surface area contributed by atoms with Crippen molar-refractivity contribution in [3.8, 4) is 0 Å². The van der Waals surface area contributed by atoms with Crippen LogP contribution in [0.25, 0.3) is 0 Å². The summed E-state index contributed by atoms with van der Waals surface area (Å²) in [5, 5.41) is 4.37. The van der Waals surface area contributed by atoms with Crippen molar-refractivity contribution < 1.29 is 32.1 Å². The van der Waals surface area contributed by atoms with Gasteiger partial charge in [-0.3, -0.25) is 0 Å². The van der Waals surface area contributed by atoms with Crippen molar-refractivity contribution in [1.29, 1.82) is 0 Å². The average molecular weight is 781 g/mol. The van der Waals surface area contributed by atoms with Crippen molar-refractivity contribution in [2.45, 2.75) is 20.8 Å². The number of nitrogens with zero attached hydrogens (tertiary/aromatic N) is 1. The number of nitrogens with one attached hydrogen (secondary N) is 2. The molecule has 0 atom stereocenters. The van der Waals surface area contributed by atoms with E-state index in [1.165, 1.54) is 92.4 Å². The van der Waals surface area contributed by atoms with Crippen molar-refractivity contribution >= 4 is 39.6 Å². The van der Waals surface area contributed by atoms with Gasteiger partial charge in [0.1, 0.15) is 0 Å². The molecule has 0 unspecified atom stereocenters. The summed E-state index contributed by atoms with van der Waals surface area (Å²) in [6, 6.07) is 32.5. The molecule has 1 amide bonds. The molecule has 0 radical (unpaired) electrons. The first-order valence-electron chi connectivity index (χ1n) is 16.0. The van der Waals surface area contributed by atoms with Gasteiger partial charge in [-0.25, -0.2) is 0 Å². The fraction of sp³-hybridized carbons (Fsp3) is 0.158. The molecule has 1 aliphatic rings. The van der Waals surface area contributed by atoms with E-state index in [2.05, 4.69) is 31.4 Å². The van der Waals surface area contributed by atoms with Gasteiger partial charge in [-0.15, -0.1) is 0 Å². The van der Waals surface area contributed by atoms with Crippen LogP contribution >= 0.6 is 0 Å². The third-order valence-electron chi connectivity index (χ3n) is 8.72. The van der Waals surface area contributed by atoms with Gasteiger partial charge in [0.2, 0.25) is 0 Å². The monoisotopic (exact) mass is 779 g/mol. The van der Waals surface area contributed by atoms with Crippen molar-refractivity contribution in [1.82, 2.24) is 5.48 Å². The minimum atomic E-state index is -7.35. The maximum absolute atomic E-state index is 14.4. The van der Waals surface area contributed by atoms with Crippen LogP contribution < -0.4 is 20.9 Å². The Bertz CT molecular complexity index is 1790. The van der Waals surface area contributed by atoms with E-state index in [-0.39, 0.29) is 22.0 Å². The summed E-state index contributed by atoms with van der Waals surface area (Å²) in [6.45, 7) is 10.5. The fourth-order valence-electron chi connectivity index (χ4n) is 5.86. The number of quaternary nitrogens is 1. The Morgan fingerprint density at radius 2 is 1.06 bits per heavy atom. The third-order valence-corrected chi connectivity index (χ3v) is 25.6. The van der Waals surface area contributed by atoms with Gasteiger partial charge >= 0.3 is 239 Å². The summed E-state index contributed by atoms with van der Waals surface area (Å²) in [7, 11) is 0. The molecule has 0 aliphatic carbocycles. The normalized spacial score (nSPS) is 16.6. The number of carbonyl (C=O) groups excluding carboxylic acids is 1. The first-order valence-corrected chi connectivity index (χ1v) is 23.0. The van der Waals surface area contributed by atoms with Gasteiger partial charge in [0, 0.05) is 0 Å². The number of amides is 1. The van der Waals surface area contributed by atoms with Gasteiger partial charge in [-0.05, 0) is 20.8 Å². The second kappa shape index (κ2) is 14.5. The number of rotatable bonds is 10. The van der Waals surface area contributed by atoms with Gasteiger partial charge in [0.15, 0.2) is 0 Å². The number of oxime groups is 1. The summed E-state index contributed by atoms with van der Waals surface area (Å²) in [5.41, 5.74) is 3.27. The third kappa shape index (κ3) is 6.32. The number of hydrogen-bond donors (Lipinski definition) is 2. The molecule has 6 rings (SSSR count). The molecule has 256 valence electrons. The molecular formula is C38H39F3N3O4Sb. The number of benzene rings is 5. The Hall–Kier alpha value is -4.63. The van der Waals surface area contributed by atoms with Gasteiger partial charge in [0.05, 0.1) is 19.6 Å². The molecule has 1 aliphatic heterocycles. The van der Waals surface area contributed by atoms with E-state index in [9.17, 15) is 18.0 Å². The van der Waals surface area contributed by atoms with Crippen LogP contribution in [0.4, 0.5) is 13.2 Å². The van der Waals surface area contributed by atoms with E-state index in [1.807, 2.05) is 0 Å². The topological polar surface area (TPSA) is 73.6 Å². The van der Waals surface area contributed by atoms with E-state index in [0.717, 1.165) is 0 Å². The number of hydroxylamine groups is 1. The first-order chi connectivity index (χ1) is 23.7. The second-order valence-electron chi connectivity index (χ2n) is 11.4. The predicted molar refractivity (Wildman–Crippen MR) is 187 cm³/mol. The van der Waals surface area contributed by atoms with Gasteiger partial charge in [-0.1, -0.05) is 0 Å². The standard InChI is InChI=1S/C7H7NO2.C7H6NO2.3C6H4F.C6H15N.Sb/c2*9-7(8-10)6-4-2-1-3-5-6;3*7-6-4-2-1-3-5-6;1-4-7(5-2)6-3;/h1-5,10H,(H,8,9);1-5H,(H-,8,9,10);3*2-5H;4-6H2,1-3H3;/q;-1;;;;;+2/p-1. The van der Waals surface area contributed by atoms with E-state index >= 15 is 0 Å². The van der Waals surface area contributed by atoms with Crippen molar-refractivity contribution in [2.75, 3.05) is 19.6 Å². The Morgan fingerprint density at radius 1 is 0.653 bits per heavy atom. The molecule has 0 saturated heterocycles. The molecule has 49 heavy (non-hydrogen) atoms. The van der Waals surface area contributed by atoms with Crippen molar-refractivity contribution in [2.24, 2.45) is 5.16 Å². The molecule has 0 spiro atoms. The van der Waals surface area contributed by atoms with Crippen LogP contribution in [0.3, 0.4) is 0 Å². The number of carbonyl (C=O) groups is 1. The SMILES string of the molecule is CC[NH+](CC)CC.O=C(N[O][Sb-]1([c]2ccc(F)cc2)([c]2ccc(F)cc2)([c]2ccc(F)cc2)[O]N=C(c2ccccc2)[O]1)c1ccccc1. The van der Waals surface area contributed by atoms with Crippen LogP contribution in [0, 0.1) is 17.5 Å². The minimum absolute atomic E-state index is 0.0171. The van der Waals surface area contributed by atoms with E-state index in [4.69, 9.17) is 9.25 Å². The summed E-state index contributed by atoms with van der Waals surface area (Å²) in [6.07, 6.45) is 0. The zero-order valence-corrected chi connectivity index (χ0v) is 30.0. The number of halogens is 3. The first kappa shape index (κ1) is 35.7. The Kier molecular flexibility index (Phi) is 10.5. The molecule has 0 aromatic heterocycles. The molecule has 5 aromatic rings. The van der Waals surface area contributed by atoms with Crippen LogP contribution in [-0.2, 0) is 9.25 Å². The summed E-state index contributed by atoms with van der Waals surface area (Å²) < 4.78 is 64.1. The Labute approximate surface area is 283 Å². The predicted octanol–water partition coefficient (Wildman–Crippen LogP) is 4.67. The molecule has 0 fully saturated rings. The summed E-state index contributed by atoms with van der Waals surface area (Å²) in [4.78, 5) is 15.2. The summed E-state index contributed by atoms with van der Waals surface area (Å²) in [5.74, 6) is -2.39. The second-order valence-corrected chi connectivity index (χ2v) is 25.3. The quantitative estimate of drug-likeness (QED) is 0.160. The molecule has 7 nitrogen and oxygen atoms in total. The van der Waals surface area contributed by atoms with Crippen molar-refractivity contribution in [3.05, 3.63) is 162 Å². The Balaban J connectivity index is 0.000000606. The van der Waals surface area contributed by atoms with Crippen LogP contribution in [0.2, 0.25) is 0 Å². The average Bonchev–Trinajstić information content (AvgIpc) is 3.53. The molecular weight excluding hydrogens is 741 g/mol. The van der Waals surface area contributed by atoms with Crippen LogP contribution in [0.5, 0.6) is 0 Å². The number of hydrogen-bond acceptors (Lipinski definition) is 5. The molecule has 11 heteroatoms. The van der Waals surface area contributed by atoms with Gasteiger partial charge in [-0.2, -0.15) is 0 Å². The van der Waals surface area contributed by atoms with E-state index < -0.39 is 40.6 Å². The van der Waals surface area contributed by atoms with E-state index in [1.54, 1.807) is 65.6 Å². The van der Waals surface area contributed by atoms with Crippen molar-refractivity contribution in [3.63, 3.8) is 0 Å². The maximum atomic E-state index is 14.4. The van der Waals surface area contributed by atoms with E-state index in [0.29, 0.717) is 5.56 Å². The molecule has 2 N–H and O–H groups in total. The Morgan fingerprint density at radius 3 is 1.45 bits per heavy atom. The zero-order chi connectivity index (χ0) is 35.0. The van der Waals surface area contributed by atoms with Crippen LogP contribution in [-0.4, -0.2) is 48.7 Å². The van der Waals surface area contributed by atoms with Gasteiger partial charge in [0.25, 0.3) is 0 Å². The van der Waals surface area contributed by atoms with Gasteiger partial charge < -0.3 is 4.90 Å². The fourth-order valence-corrected chi connectivity index (χ4v) is 21.4. The molecule has 1 heterocycles. The molecule has 0 bridgehead atoms. The summed E-state index contributed by atoms with van der Waals surface area (Å²) >= 11 is -7.35.